The number of carbonyl (C=O) groups excluding carboxylic acids is 1. The van der Waals surface area contributed by atoms with Crippen LogP contribution >= 0.6 is 0 Å². The number of halogens is 3. The SMILES string of the molecule is O=C(c1ccc(OCCC(F)(F)F)cc1)N1CCC[C@H]1CN1CCCC1. The molecular formula is C19H25F3N2O2. The zero-order valence-electron chi connectivity index (χ0n) is 14.8. The highest BCUT2D eigenvalue weighted by Crippen LogP contribution is 2.24. The van der Waals surface area contributed by atoms with Gasteiger partial charge in [0.25, 0.3) is 5.91 Å². The molecule has 0 spiro atoms. The average Bonchev–Trinajstić information content (AvgIpc) is 3.26. The van der Waals surface area contributed by atoms with E-state index in [4.69, 9.17) is 4.74 Å². The van der Waals surface area contributed by atoms with Crippen LogP contribution < -0.4 is 4.74 Å². The third-order valence-corrected chi connectivity index (χ3v) is 5.06. The quantitative estimate of drug-likeness (QED) is 0.765. The van der Waals surface area contributed by atoms with Crippen molar-refractivity contribution < 1.29 is 22.7 Å². The van der Waals surface area contributed by atoms with Crippen molar-refractivity contribution in [3.63, 3.8) is 0 Å². The lowest BCUT2D eigenvalue weighted by atomic mass is 10.1. The Morgan fingerprint density at radius 1 is 1.08 bits per heavy atom. The Morgan fingerprint density at radius 2 is 1.77 bits per heavy atom. The first-order valence-corrected chi connectivity index (χ1v) is 9.25. The number of ether oxygens (including phenoxy) is 1. The lowest BCUT2D eigenvalue weighted by Gasteiger charge is -2.28. The van der Waals surface area contributed by atoms with Crippen molar-refractivity contribution in [1.82, 2.24) is 9.80 Å². The molecule has 0 bridgehead atoms. The topological polar surface area (TPSA) is 32.8 Å². The van der Waals surface area contributed by atoms with Crippen LogP contribution in [0.2, 0.25) is 0 Å². The Balaban J connectivity index is 1.55. The summed E-state index contributed by atoms with van der Waals surface area (Å²) in [4.78, 5) is 17.2. The smallest absolute Gasteiger partial charge is 0.392 e. The molecule has 7 heteroatoms. The largest absolute Gasteiger partial charge is 0.493 e. The first kappa shape index (κ1) is 19.0. The van der Waals surface area contributed by atoms with Gasteiger partial charge in [0.05, 0.1) is 13.0 Å². The molecular weight excluding hydrogens is 345 g/mol. The molecule has 2 heterocycles. The Morgan fingerprint density at radius 3 is 2.42 bits per heavy atom. The van der Waals surface area contributed by atoms with Crippen LogP contribution in [0, 0.1) is 0 Å². The van der Waals surface area contributed by atoms with Gasteiger partial charge in [0, 0.05) is 24.7 Å². The fraction of sp³-hybridized carbons (Fsp3) is 0.632. The number of carbonyl (C=O) groups is 1. The molecule has 26 heavy (non-hydrogen) atoms. The van der Waals surface area contributed by atoms with Crippen molar-refractivity contribution in [2.75, 3.05) is 32.8 Å². The molecule has 1 aromatic carbocycles. The number of benzene rings is 1. The summed E-state index contributed by atoms with van der Waals surface area (Å²) in [7, 11) is 0. The Hall–Kier alpha value is -1.76. The van der Waals surface area contributed by atoms with Crippen molar-refractivity contribution in [2.45, 2.75) is 44.3 Å². The van der Waals surface area contributed by atoms with E-state index in [0.29, 0.717) is 11.3 Å². The highest BCUT2D eigenvalue weighted by Gasteiger charge is 2.31. The van der Waals surface area contributed by atoms with Crippen LogP contribution in [0.3, 0.4) is 0 Å². The van der Waals surface area contributed by atoms with Crippen LogP contribution in [0.15, 0.2) is 24.3 Å². The van der Waals surface area contributed by atoms with Crippen molar-refractivity contribution in [3.05, 3.63) is 29.8 Å². The van der Waals surface area contributed by atoms with Crippen molar-refractivity contribution in [1.29, 1.82) is 0 Å². The molecule has 1 aromatic rings. The van der Waals surface area contributed by atoms with Crippen LogP contribution in [0.1, 0.15) is 42.5 Å². The fourth-order valence-corrected chi connectivity index (χ4v) is 3.70. The molecule has 2 aliphatic heterocycles. The van der Waals surface area contributed by atoms with Gasteiger partial charge in [-0.05, 0) is 63.0 Å². The number of rotatable bonds is 6. The average molecular weight is 370 g/mol. The molecule has 2 fully saturated rings. The van der Waals surface area contributed by atoms with Crippen molar-refractivity contribution in [3.8, 4) is 5.75 Å². The predicted molar refractivity (Wildman–Crippen MR) is 92.3 cm³/mol. The molecule has 4 nitrogen and oxygen atoms in total. The molecule has 0 saturated carbocycles. The van der Waals surface area contributed by atoms with Crippen molar-refractivity contribution in [2.24, 2.45) is 0 Å². The lowest BCUT2D eigenvalue weighted by molar-refractivity contribution is -0.139. The second kappa shape index (κ2) is 8.29. The van der Waals surface area contributed by atoms with Gasteiger partial charge >= 0.3 is 6.18 Å². The third-order valence-electron chi connectivity index (χ3n) is 5.06. The van der Waals surface area contributed by atoms with Crippen LogP contribution in [-0.2, 0) is 0 Å². The van der Waals surface area contributed by atoms with Gasteiger partial charge in [-0.3, -0.25) is 4.79 Å². The summed E-state index contributed by atoms with van der Waals surface area (Å²) in [5, 5.41) is 0. The summed E-state index contributed by atoms with van der Waals surface area (Å²) >= 11 is 0. The minimum absolute atomic E-state index is 0.00598. The van der Waals surface area contributed by atoms with E-state index in [1.807, 2.05) is 4.90 Å². The summed E-state index contributed by atoms with van der Waals surface area (Å²) in [6.07, 6.45) is -0.702. The maximum atomic E-state index is 12.8. The van der Waals surface area contributed by atoms with E-state index >= 15 is 0 Å². The van der Waals surface area contributed by atoms with Gasteiger partial charge in [-0.1, -0.05) is 0 Å². The first-order valence-electron chi connectivity index (χ1n) is 9.25. The first-order chi connectivity index (χ1) is 12.4. The fourth-order valence-electron chi connectivity index (χ4n) is 3.70. The zero-order valence-corrected chi connectivity index (χ0v) is 14.8. The molecule has 0 aliphatic carbocycles. The molecule has 1 amide bonds. The number of alkyl halides is 3. The Bertz CT molecular complexity index is 598. The molecule has 3 rings (SSSR count). The number of hydrogen-bond acceptors (Lipinski definition) is 3. The lowest BCUT2D eigenvalue weighted by Crippen LogP contribution is -2.42. The second-order valence-electron chi connectivity index (χ2n) is 7.04. The van der Waals surface area contributed by atoms with E-state index in [0.717, 1.165) is 39.0 Å². The minimum Gasteiger partial charge on any atom is -0.493 e. The van der Waals surface area contributed by atoms with E-state index in [-0.39, 0.29) is 11.9 Å². The molecule has 1 atom stereocenters. The predicted octanol–water partition coefficient (Wildman–Crippen LogP) is 3.72. The van der Waals surface area contributed by atoms with Gasteiger partial charge < -0.3 is 14.5 Å². The maximum Gasteiger partial charge on any atom is 0.392 e. The monoisotopic (exact) mass is 370 g/mol. The van der Waals surface area contributed by atoms with Gasteiger partial charge in [-0.2, -0.15) is 13.2 Å². The number of likely N-dealkylation sites (tertiary alicyclic amines) is 2. The van der Waals surface area contributed by atoms with Crippen LogP contribution in [0.5, 0.6) is 5.75 Å². The van der Waals surface area contributed by atoms with E-state index in [9.17, 15) is 18.0 Å². The van der Waals surface area contributed by atoms with Crippen molar-refractivity contribution >= 4 is 5.91 Å². The summed E-state index contributed by atoms with van der Waals surface area (Å²) in [5.41, 5.74) is 0.557. The second-order valence-corrected chi connectivity index (χ2v) is 7.04. The summed E-state index contributed by atoms with van der Waals surface area (Å²) in [5.74, 6) is 0.342. The summed E-state index contributed by atoms with van der Waals surface area (Å²) in [6.45, 7) is 3.51. The number of hydrogen-bond donors (Lipinski definition) is 0. The molecule has 0 radical (unpaired) electrons. The highest BCUT2D eigenvalue weighted by molar-refractivity contribution is 5.94. The molecule has 0 unspecified atom stereocenters. The number of amides is 1. The van der Waals surface area contributed by atoms with E-state index in [2.05, 4.69) is 4.90 Å². The van der Waals surface area contributed by atoms with E-state index in [1.165, 1.54) is 12.8 Å². The van der Waals surface area contributed by atoms with Gasteiger partial charge in [-0.15, -0.1) is 0 Å². The van der Waals surface area contributed by atoms with Gasteiger partial charge in [-0.25, -0.2) is 0 Å². The standard InChI is InChI=1S/C19H25F3N2O2/c20-19(21,22)9-13-26-17-7-5-15(6-8-17)18(25)24-12-3-4-16(24)14-23-10-1-2-11-23/h5-8,16H,1-4,9-14H2/t16-/m0/s1. The minimum atomic E-state index is -4.23. The normalized spacial score (nSPS) is 21.3. The Labute approximate surface area is 151 Å². The maximum absolute atomic E-state index is 12.8. The van der Waals surface area contributed by atoms with Gasteiger partial charge in [0.2, 0.25) is 0 Å². The molecule has 144 valence electrons. The van der Waals surface area contributed by atoms with Gasteiger partial charge in [0.15, 0.2) is 0 Å². The molecule has 2 aliphatic rings. The highest BCUT2D eigenvalue weighted by atomic mass is 19.4. The van der Waals surface area contributed by atoms with Crippen LogP contribution in [0.25, 0.3) is 0 Å². The van der Waals surface area contributed by atoms with Gasteiger partial charge in [0.1, 0.15) is 5.75 Å². The van der Waals surface area contributed by atoms with Crippen LogP contribution in [0.4, 0.5) is 13.2 Å². The molecule has 0 N–H and O–H groups in total. The molecule has 0 aromatic heterocycles. The van der Waals surface area contributed by atoms with E-state index < -0.39 is 19.2 Å². The third kappa shape index (κ3) is 5.13. The summed E-state index contributed by atoms with van der Waals surface area (Å²) in [6, 6.07) is 6.65. The zero-order chi connectivity index (χ0) is 18.6. The Kier molecular flexibility index (Phi) is 6.06. The van der Waals surface area contributed by atoms with Crippen LogP contribution in [-0.4, -0.2) is 60.7 Å². The molecule has 2 saturated heterocycles. The summed E-state index contributed by atoms with van der Waals surface area (Å²) < 4.78 is 41.5. The number of nitrogens with zero attached hydrogens (tertiary/aromatic N) is 2. The van der Waals surface area contributed by atoms with E-state index in [1.54, 1.807) is 24.3 Å².